The van der Waals surface area contributed by atoms with Crippen molar-refractivity contribution in [2.24, 2.45) is 0 Å². The van der Waals surface area contributed by atoms with Crippen molar-refractivity contribution < 1.29 is 18.3 Å². The molecule has 1 aliphatic carbocycles. The molecular weight excluding hydrogens is 431 g/mol. The molecule has 1 aliphatic heterocycles. The Bertz CT molecular complexity index is 1180. The average Bonchev–Trinajstić information content (AvgIpc) is 3.24. The van der Waals surface area contributed by atoms with Crippen LogP contribution in [0.4, 0.5) is 19.1 Å². The first kappa shape index (κ1) is 21.9. The van der Waals surface area contributed by atoms with Gasteiger partial charge >= 0.3 is 6.18 Å². The Labute approximate surface area is 189 Å². The van der Waals surface area contributed by atoms with E-state index < -0.39 is 11.7 Å². The number of benzene rings is 1. The van der Waals surface area contributed by atoms with E-state index in [1.807, 2.05) is 24.3 Å². The van der Waals surface area contributed by atoms with Crippen molar-refractivity contribution in [1.29, 1.82) is 0 Å². The number of aromatic nitrogens is 3. The van der Waals surface area contributed by atoms with Crippen LogP contribution in [-0.2, 0) is 6.18 Å². The first-order valence-corrected chi connectivity index (χ1v) is 11.3. The van der Waals surface area contributed by atoms with Crippen molar-refractivity contribution in [2.75, 3.05) is 18.4 Å². The number of hydrogen-bond acceptors (Lipinski definition) is 5. The van der Waals surface area contributed by atoms with Crippen molar-refractivity contribution in [3.8, 4) is 11.3 Å². The zero-order valence-corrected chi connectivity index (χ0v) is 18.0. The number of H-pyrrole nitrogens is 1. The van der Waals surface area contributed by atoms with Gasteiger partial charge in [0.05, 0.1) is 17.3 Å². The van der Waals surface area contributed by atoms with Gasteiger partial charge < -0.3 is 20.7 Å². The number of aliphatic hydroxyl groups excluding tert-OH is 1. The largest absolute Gasteiger partial charge is 0.419 e. The molecule has 33 heavy (non-hydrogen) atoms. The van der Waals surface area contributed by atoms with Gasteiger partial charge in [-0.1, -0.05) is 24.3 Å². The number of anilines is 1. The number of allylic oxidation sites excluding steroid dienone is 1. The van der Waals surface area contributed by atoms with Crippen molar-refractivity contribution in [3.63, 3.8) is 0 Å². The Hall–Kier alpha value is -2.91. The summed E-state index contributed by atoms with van der Waals surface area (Å²) in [5.41, 5.74) is 2.20. The summed E-state index contributed by atoms with van der Waals surface area (Å²) < 4.78 is 41.7. The normalized spacial score (nSPS) is 21.8. The van der Waals surface area contributed by atoms with Gasteiger partial charge in [-0.3, -0.25) is 0 Å². The lowest BCUT2D eigenvalue weighted by Crippen LogP contribution is -2.38. The summed E-state index contributed by atoms with van der Waals surface area (Å²) >= 11 is 0. The Morgan fingerprint density at radius 3 is 2.76 bits per heavy atom. The van der Waals surface area contributed by atoms with Crippen LogP contribution < -0.4 is 10.6 Å². The number of hydrogen-bond donors (Lipinski definition) is 4. The third-order valence-corrected chi connectivity index (χ3v) is 6.42. The highest BCUT2D eigenvalue weighted by molar-refractivity contribution is 6.01. The smallest absolute Gasteiger partial charge is 0.393 e. The molecule has 3 aromatic rings. The number of aromatic amines is 1. The number of rotatable bonds is 4. The van der Waals surface area contributed by atoms with E-state index in [0.717, 1.165) is 55.2 Å². The maximum Gasteiger partial charge on any atom is 0.419 e. The van der Waals surface area contributed by atoms with Gasteiger partial charge in [0.1, 0.15) is 5.56 Å². The number of halogens is 3. The van der Waals surface area contributed by atoms with Gasteiger partial charge in [-0.15, -0.1) is 0 Å². The van der Waals surface area contributed by atoms with Gasteiger partial charge in [0.2, 0.25) is 5.95 Å². The van der Waals surface area contributed by atoms with Crippen LogP contribution in [0.5, 0.6) is 0 Å². The third kappa shape index (κ3) is 4.47. The first-order chi connectivity index (χ1) is 15.9. The van der Waals surface area contributed by atoms with Crippen LogP contribution >= 0.6 is 0 Å². The van der Waals surface area contributed by atoms with Gasteiger partial charge in [0, 0.05) is 41.5 Å². The van der Waals surface area contributed by atoms with Gasteiger partial charge in [-0.05, 0) is 44.2 Å². The molecular formula is C24H26F3N5O. The zero-order chi connectivity index (χ0) is 23.0. The number of nitrogens with one attached hydrogen (secondary N) is 3. The molecule has 5 rings (SSSR count). The lowest BCUT2D eigenvalue weighted by atomic mass is 9.90. The molecule has 0 radical (unpaired) electrons. The zero-order valence-electron chi connectivity index (χ0n) is 18.0. The molecule has 6 nitrogen and oxygen atoms in total. The van der Waals surface area contributed by atoms with Crippen LogP contribution in [0.15, 0.2) is 36.7 Å². The predicted molar refractivity (Wildman–Crippen MR) is 122 cm³/mol. The van der Waals surface area contributed by atoms with Crippen LogP contribution in [0, 0.1) is 0 Å². The lowest BCUT2D eigenvalue weighted by Gasteiger charge is -2.24. The Kier molecular flexibility index (Phi) is 5.84. The summed E-state index contributed by atoms with van der Waals surface area (Å²) in [5.74, 6) is 0.196. The number of piperidine rings is 1. The summed E-state index contributed by atoms with van der Waals surface area (Å²) in [6.07, 6.45) is 3.42. The van der Waals surface area contributed by atoms with Crippen molar-refractivity contribution in [3.05, 3.63) is 47.8 Å². The predicted octanol–water partition coefficient (Wildman–Crippen LogP) is 4.74. The van der Waals surface area contributed by atoms with E-state index in [1.54, 1.807) is 6.20 Å². The lowest BCUT2D eigenvalue weighted by molar-refractivity contribution is -0.137. The van der Waals surface area contributed by atoms with Crippen LogP contribution in [0.25, 0.3) is 27.7 Å². The van der Waals surface area contributed by atoms with E-state index in [2.05, 4.69) is 25.6 Å². The van der Waals surface area contributed by atoms with E-state index in [4.69, 9.17) is 0 Å². The molecule has 0 bridgehead atoms. The van der Waals surface area contributed by atoms with Crippen LogP contribution in [-0.4, -0.2) is 45.3 Å². The van der Waals surface area contributed by atoms with E-state index in [9.17, 15) is 18.3 Å². The van der Waals surface area contributed by atoms with Crippen LogP contribution in [0.2, 0.25) is 0 Å². The number of para-hydroxylation sites is 1. The third-order valence-electron chi connectivity index (χ3n) is 6.42. The number of fused-ring (bicyclic) bond motifs is 1. The van der Waals surface area contributed by atoms with Crippen LogP contribution in [0.1, 0.15) is 43.2 Å². The van der Waals surface area contributed by atoms with Crippen LogP contribution in [0.3, 0.4) is 0 Å². The molecule has 2 atom stereocenters. The van der Waals surface area contributed by atoms with E-state index in [-0.39, 0.29) is 23.8 Å². The molecule has 3 heterocycles. The molecule has 174 valence electrons. The summed E-state index contributed by atoms with van der Waals surface area (Å²) in [7, 11) is 0. The summed E-state index contributed by atoms with van der Waals surface area (Å²) in [4.78, 5) is 11.5. The molecule has 2 aromatic heterocycles. The molecule has 1 saturated heterocycles. The molecule has 0 spiro atoms. The molecule has 9 heteroatoms. The van der Waals surface area contributed by atoms with Crippen molar-refractivity contribution in [1.82, 2.24) is 20.3 Å². The fourth-order valence-electron chi connectivity index (χ4n) is 4.70. The fraction of sp³-hybridized carbons (Fsp3) is 0.417. The van der Waals surface area contributed by atoms with E-state index in [1.165, 1.54) is 0 Å². The maximum absolute atomic E-state index is 13.9. The molecule has 1 unspecified atom stereocenters. The fourth-order valence-corrected chi connectivity index (χ4v) is 4.70. The molecule has 0 saturated carbocycles. The number of alkyl halides is 3. The highest BCUT2D eigenvalue weighted by Gasteiger charge is 2.36. The monoisotopic (exact) mass is 457 g/mol. The average molecular weight is 458 g/mol. The number of aliphatic hydroxyl groups is 1. The Balaban J connectivity index is 1.58. The SMILES string of the molecule is OC1CC=C(c2cccc3c(-c4nc(N[C@H]5CCCNC5)ncc4C(F)(F)F)c[nH]c23)CC1. The molecule has 0 amide bonds. The Morgan fingerprint density at radius 2 is 2.03 bits per heavy atom. The minimum Gasteiger partial charge on any atom is -0.393 e. The highest BCUT2D eigenvalue weighted by Crippen LogP contribution is 2.40. The van der Waals surface area contributed by atoms with Gasteiger partial charge in [-0.2, -0.15) is 13.2 Å². The maximum atomic E-state index is 13.9. The quantitative estimate of drug-likeness (QED) is 0.455. The summed E-state index contributed by atoms with van der Waals surface area (Å²) in [6, 6.07) is 5.69. The minimum absolute atomic E-state index is 0.0755. The van der Waals surface area contributed by atoms with E-state index in [0.29, 0.717) is 23.8 Å². The standard InChI is InChI=1S/C24H26F3N5O/c25-24(26,27)20-13-30-23(31-15-3-2-10-28-11-15)32-22(20)19-12-29-21-17(4-1-5-18(19)21)14-6-8-16(33)9-7-14/h1,4-6,12-13,15-16,28-29,33H,2-3,7-11H2,(H,30,31,32)/t15-,16?/m0/s1. The number of nitrogens with zero attached hydrogens (tertiary/aromatic N) is 2. The van der Waals surface area contributed by atoms with Crippen molar-refractivity contribution in [2.45, 2.75) is 50.4 Å². The summed E-state index contributed by atoms with van der Waals surface area (Å²) in [6.45, 7) is 1.66. The highest BCUT2D eigenvalue weighted by atomic mass is 19.4. The van der Waals surface area contributed by atoms with Gasteiger partial charge in [0.15, 0.2) is 0 Å². The first-order valence-electron chi connectivity index (χ1n) is 11.3. The van der Waals surface area contributed by atoms with Gasteiger partial charge in [0.25, 0.3) is 0 Å². The molecule has 2 aliphatic rings. The molecule has 1 fully saturated rings. The van der Waals surface area contributed by atoms with E-state index >= 15 is 0 Å². The van der Waals surface area contributed by atoms with Gasteiger partial charge in [-0.25, -0.2) is 9.97 Å². The Morgan fingerprint density at radius 1 is 1.15 bits per heavy atom. The minimum atomic E-state index is -4.58. The summed E-state index contributed by atoms with van der Waals surface area (Å²) in [5, 5.41) is 16.9. The second-order valence-electron chi connectivity index (χ2n) is 8.73. The molecule has 4 N–H and O–H groups in total. The molecule has 1 aromatic carbocycles. The second-order valence-corrected chi connectivity index (χ2v) is 8.73. The topological polar surface area (TPSA) is 85.9 Å². The second kappa shape index (κ2) is 8.79. The van der Waals surface area contributed by atoms with Crippen molar-refractivity contribution >= 4 is 22.4 Å².